The molecule has 0 aliphatic carbocycles. The van der Waals surface area contributed by atoms with Gasteiger partial charge in [0.15, 0.2) is 10.9 Å². The number of amides is 2. The van der Waals surface area contributed by atoms with Crippen LogP contribution in [0.2, 0.25) is 0 Å². The number of piperidine rings is 1. The molecule has 1 aliphatic rings. The van der Waals surface area contributed by atoms with Crippen molar-refractivity contribution in [3.05, 3.63) is 52.9 Å². The Kier molecular flexibility index (Phi) is 5.96. The van der Waals surface area contributed by atoms with Gasteiger partial charge in [0.05, 0.1) is 28.9 Å². The smallest absolute Gasteiger partial charge is 0.338 e. The van der Waals surface area contributed by atoms with Crippen LogP contribution in [0.1, 0.15) is 34.5 Å². The molecule has 3 aromatic heterocycles. The zero-order valence-electron chi connectivity index (χ0n) is 17.0. The van der Waals surface area contributed by atoms with Gasteiger partial charge in [0, 0.05) is 30.9 Å². The fourth-order valence-corrected chi connectivity index (χ4v) is 4.10. The van der Waals surface area contributed by atoms with E-state index in [1.165, 1.54) is 28.3 Å². The van der Waals surface area contributed by atoms with Gasteiger partial charge in [-0.1, -0.05) is 0 Å². The third-order valence-corrected chi connectivity index (χ3v) is 5.96. The number of thiazole rings is 1. The second-order valence-corrected chi connectivity index (χ2v) is 8.27. The maximum Gasteiger partial charge on any atom is 0.417 e. The quantitative estimate of drug-likeness (QED) is 0.638. The lowest BCUT2D eigenvalue weighted by molar-refractivity contribution is -0.137. The largest absolute Gasteiger partial charge is 0.417 e. The highest BCUT2D eigenvalue weighted by atomic mass is 32.1. The van der Waals surface area contributed by atoms with E-state index < -0.39 is 11.7 Å². The number of halogens is 3. The van der Waals surface area contributed by atoms with Crippen molar-refractivity contribution in [2.24, 2.45) is 5.92 Å². The average Bonchev–Trinajstić information content (AvgIpc) is 3.42. The predicted octanol–water partition coefficient (Wildman–Crippen LogP) is 3.54. The molecule has 0 saturated carbocycles. The van der Waals surface area contributed by atoms with E-state index >= 15 is 0 Å². The van der Waals surface area contributed by atoms with E-state index in [1.807, 2.05) is 0 Å². The fourth-order valence-electron chi connectivity index (χ4n) is 3.57. The zero-order valence-corrected chi connectivity index (χ0v) is 17.8. The molecular weight excluding hydrogens is 445 g/mol. The van der Waals surface area contributed by atoms with E-state index in [4.69, 9.17) is 0 Å². The number of hydrogen-bond donors (Lipinski definition) is 1. The standard InChI is InChI=1S/C20H19F3N6O2S/c1-12-15(10-26-29(12)16-5-4-14(9-25-16)20(21,22)23)18(31)28-7-2-3-13(11-28)17(30)27-19-24-6-8-32-19/h4-6,8-10,13H,2-3,7,11H2,1H3,(H,24,27,30). The lowest BCUT2D eigenvalue weighted by Gasteiger charge is -2.31. The first-order valence-electron chi connectivity index (χ1n) is 9.82. The normalized spacial score (nSPS) is 16.8. The van der Waals surface area contributed by atoms with Crippen LogP contribution in [0, 0.1) is 12.8 Å². The van der Waals surface area contributed by atoms with Gasteiger partial charge in [-0.2, -0.15) is 18.3 Å². The maximum absolute atomic E-state index is 13.1. The third-order valence-electron chi connectivity index (χ3n) is 5.27. The minimum Gasteiger partial charge on any atom is -0.338 e. The summed E-state index contributed by atoms with van der Waals surface area (Å²) in [4.78, 5) is 35.1. The van der Waals surface area contributed by atoms with Gasteiger partial charge in [0.2, 0.25) is 5.91 Å². The van der Waals surface area contributed by atoms with E-state index in [0.717, 1.165) is 12.3 Å². The van der Waals surface area contributed by atoms with Crippen molar-refractivity contribution in [3.8, 4) is 5.82 Å². The summed E-state index contributed by atoms with van der Waals surface area (Å²) in [6, 6.07) is 2.12. The van der Waals surface area contributed by atoms with Gasteiger partial charge in [-0.3, -0.25) is 9.59 Å². The molecule has 0 spiro atoms. The summed E-state index contributed by atoms with van der Waals surface area (Å²) in [7, 11) is 0. The molecule has 1 saturated heterocycles. The molecule has 12 heteroatoms. The Hall–Kier alpha value is -3.28. The van der Waals surface area contributed by atoms with Gasteiger partial charge < -0.3 is 10.2 Å². The van der Waals surface area contributed by atoms with Crippen molar-refractivity contribution >= 4 is 28.3 Å². The summed E-state index contributed by atoms with van der Waals surface area (Å²) >= 11 is 1.32. The van der Waals surface area contributed by atoms with Gasteiger partial charge >= 0.3 is 6.18 Å². The Morgan fingerprint density at radius 3 is 2.69 bits per heavy atom. The molecule has 3 aromatic rings. The maximum atomic E-state index is 13.1. The number of carbonyl (C=O) groups excluding carboxylic acids is 2. The fraction of sp³-hybridized carbons (Fsp3) is 0.350. The van der Waals surface area contributed by atoms with E-state index in [9.17, 15) is 22.8 Å². The Labute approximate surface area is 185 Å². The van der Waals surface area contributed by atoms with Crippen LogP contribution in [0.5, 0.6) is 0 Å². The molecule has 0 bridgehead atoms. The molecule has 0 aromatic carbocycles. The molecule has 1 atom stereocenters. The highest BCUT2D eigenvalue weighted by Crippen LogP contribution is 2.29. The summed E-state index contributed by atoms with van der Waals surface area (Å²) in [5.41, 5.74) is -0.0953. The van der Waals surface area contributed by atoms with Crippen LogP contribution in [0.15, 0.2) is 36.1 Å². The Morgan fingerprint density at radius 1 is 1.22 bits per heavy atom. The van der Waals surface area contributed by atoms with Gasteiger partial charge in [0.1, 0.15) is 0 Å². The lowest BCUT2D eigenvalue weighted by Crippen LogP contribution is -2.43. The number of pyridine rings is 1. The number of hydrogen-bond acceptors (Lipinski definition) is 6. The van der Waals surface area contributed by atoms with Crippen molar-refractivity contribution in [2.45, 2.75) is 25.9 Å². The first-order valence-corrected chi connectivity index (χ1v) is 10.7. The van der Waals surface area contributed by atoms with E-state index in [1.54, 1.807) is 23.4 Å². The van der Waals surface area contributed by atoms with Crippen LogP contribution in [0.25, 0.3) is 5.82 Å². The Bertz CT molecular complexity index is 1110. The van der Waals surface area contributed by atoms with Crippen LogP contribution in [-0.4, -0.2) is 49.6 Å². The highest BCUT2D eigenvalue weighted by molar-refractivity contribution is 7.13. The summed E-state index contributed by atoms with van der Waals surface area (Å²) in [6.07, 6.45) is 0.556. The van der Waals surface area contributed by atoms with E-state index in [2.05, 4.69) is 20.4 Å². The molecule has 32 heavy (non-hydrogen) atoms. The monoisotopic (exact) mass is 464 g/mol. The number of anilines is 1. The molecule has 1 aliphatic heterocycles. The number of carbonyl (C=O) groups is 2. The van der Waals surface area contributed by atoms with Crippen LogP contribution in [-0.2, 0) is 11.0 Å². The molecule has 8 nitrogen and oxygen atoms in total. The van der Waals surface area contributed by atoms with Crippen molar-refractivity contribution in [1.29, 1.82) is 0 Å². The van der Waals surface area contributed by atoms with Crippen LogP contribution < -0.4 is 5.32 Å². The van der Waals surface area contributed by atoms with Crippen LogP contribution >= 0.6 is 11.3 Å². The van der Waals surface area contributed by atoms with Crippen LogP contribution in [0.4, 0.5) is 18.3 Å². The van der Waals surface area contributed by atoms with Crippen molar-refractivity contribution in [3.63, 3.8) is 0 Å². The van der Waals surface area contributed by atoms with Crippen molar-refractivity contribution in [2.75, 3.05) is 18.4 Å². The second kappa shape index (κ2) is 8.69. The number of rotatable bonds is 4. The summed E-state index contributed by atoms with van der Waals surface area (Å²) in [5.74, 6) is -0.649. The van der Waals surface area contributed by atoms with Gasteiger partial charge in [-0.25, -0.2) is 14.6 Å². The lowest BCUT2D eigenvalue weighted by atomic mass is 9.96. The van der Waals surface area contributed by atoms with Crippen molar-refractivity contribution < 1.29 is 22.8 Å². The van der Waals surface area contributed by atoms with Crippen LogP contribution in [0.3, 0.4) is 0 Å². The number of aromatic nitrogens is 4. The SMILES string of the molecule is Cc1c(C(=O)N2CCCC(C(=O)Nc3nccs3)C2)cnn1-c1ccc(C(F)(F)F)cn1. The predicted molar refractivity (Wildman–Crippen MR) is 110 cm³/mol. The molecule has 4 rings (SSSR count). The van der Waals surface area contributed by atoms with Gasteiger partial charge in [-0.05, 0) is 31.9 Å². The zero-order chi connectivity index (χ0) is 22.9. The number of likely N-dealkylation sites (tertiary alicyclic amines) is 1. The minimum absolute atomic E-state index is 0.175. The number of nitrogens with zero attached hydrogens (tertiary/aromatic N) is 5. The third kappa shape index (κ3) is 4.49. The summed E-state index contributed by atoms with van der Waals surface area (Å²) in [5, 5.41) is 9.18. The molecule has 2 amide bonds. The minimum atomic E-state index is -4.48. The first-order chi connectivity index (χ1) is 15.2. The van der Waals surface area contributed by atoms with Gasteiger partial charge in [0.25, 0.3) is 5.91 Å². The molecule has 1 unspecified atom stereocenters. The topological polar surface area (TPSA) is 93.0 Å². The number of alkyl halides is 3. The molecular formula is C20H19F3N6O2S. The molecule has 1 fully saturated rings. The molecule has 168 valence electrons. The molecule has 1 N–H and O–H groups in total. The average molecular weight is 464 g/mol. The Morgan fingerprint density at radius 2 is 2.03 bits per heavy atom. The van der Waals surface area contributed by atoms with E-state index in [-0.39, 0.29) is 30.1 Å². The highest BCUT2D eigenvalue weighted by Gasteiger charge is 2.32. The van der Waals surface area contributed by atoms with Gasteiger partial charge in [-0.15, -0.1) is 11.3 Å². The summed E-state index contributed by atoms with van der Waals surface area (Å²) < 4.78 is 39.6. The molecule has 4 heterocycles. The van der Waals surface area contributed by atoms with Crippen molar-refractivity contribution in [1.82, 2.24) is 24.6 Å². The Balaban J connectivity index is 1.47. The first kappa shape index (κ1) is 21.9. The second-order valence-electron chi connectivity index (χ2n) is 7.38. The molecule has 0 radical (unpaired) electrons. The number of nitrogens with one attached hydrogen (secondary N) is 1. The summed E-state index contributed by atoms with van der Waals surface area (Å²) in [6.45, 7) is 2.42. The van der Waals surface area contributed by atoms with E-state index in [0.29, 0.717) is 35.8 Å².